The Bertz CT molecular complexity index is 483. The zero-order valence-electron chi connectivity index (χ0n) is 14.1. The Morgan fingerprint density at radius 1 is 1.30 bits per heavy atom. The Hall–Kier alpha value is -1.37. The van der Waals surface area contributed by atoms with E-state index in [1.54, 1.807) is 6.92 Å². The van der Waals surface area contributed by atoms with Gasteiger partial charge >= 0.3 is 5.97 Å². The molecule has 2 atom stereocenters. The summed E-state index contributed by atoms with van der Waals surface area (Å²) in [4.78, 5) is 48.0. The molecule has 1 saturated heterocycles. The second-order valence-corrected chi connectivity index (χ2v) is 8.43. The van der Waals surface area contributed by atoms with Crippen molar-refractivity contribution in [2.45, 2.75) is 51.7 Å². The van der Waals surface area contributed by atoms with E-state index in [1.807, 2.05) is 20.8 Å². The first kappa shape index (κ1) is 19.7. The summed E-state index contributed by atoms with van der Waals surface area (Å²) >= 11 is 1.14. The summed E-state index contributed by atoms with van der Waals surface area (Å²) in [6, 6.07) is 0. The molecule has 6 nitrogen and oxygen atoms in total. The van der Waals surface area contributed by atoms with Gasteiger partial charge in [0.15, 0.2) is 5.12 Å². The lowest BCUT2D eigenvalue weighted by atomic mass is 9.91. The molecular weight excluding hydrogens is 318 g/mol. The molecule has 1 aliphatic rings. The van der Waals surface area contributed by atoms with Crippen LogP contribution in [0.1, 0.15) is 47.0 Å². The summed E-state index contributed by atoms with van der Waals surface area (Å²) in [6.07, 6.45) is 0.256. The topological polar surface area (TPSA) is 89.5 Å². The number of hydrogen-bond donors (Lipinski definition) is 1. The fraction of sp³-hybridized carbons (Fsp3) is 0.750. The number of ether oxygens (including phenoxy) is 1. The molecule has 1 fully saturated rings. The van der Waals surface area contributed by atoms with E-state index < -0.39 is 17.8 Å². The van der Waals surface area contributed by atoms with Crippen molar-refractivity contribution in [3.05, 3.63) is 0 Å². The molecule has 1 heterocycles. The number of carbonyl (C=O) groups is 4. The molecule has 0 bridgehead atoms. The molecule has 0 aromatic rings. The van der Waals surface area contributed by atoms with Crippen LogP contribution in [0.25, 0.3) is 0 Å². The molecule has 130 valence electrons. The number of esters is 1. The van der Waals surface area contributed by atoms with Gasteiger partial charge in [-0.05, 0) is 13.3 Å². The minimum atomic E-state index is -0.821. The standard InChI is InChI=1S/C16H25NO5S/c1-5-22-15(21)10(9-13(19)23-16(2,3)4)8-12(18)11-6-7-17-14(11)20/h10-11H,5-9H2,1-4H3,(H,17,20)/t10-,11?/m0/s1. The lowest BCUT2D eigenvalue weighted by Gasteiger charge is -2.19. The quantitative estimate of drug-likeness (QED) is 0.559. The Labute approximate surface area is 141 Å². The molecule has 23 heavy (non-hydrogen) atoms. The van der Waals surface area contributed by atoms with Crippen molar-refractivity contribution >= 4 is 34.5 Å². The van der Waals surface area contributed by atoms with Crippen molar-refractivity contribution in [3.63, 3.8) is 0 Å². The zero-order chi connectivity index (χ0) is 17.6. The molecule has 0 aromatic heterocycles. The Kier molecular flexibility index (Phi) is 7.25. The molecule has 0 aliphatic carbocycles. The van der Waals surface area contributed by atoms with Gasteiger partial charge in [-0.1, -0.05) is 32.5 Å². The van der Waals surface area contributed by atoms with E-state index in [-0.39, 0.29) is 41.0 Å². The maximum Gasteiger partial charge on any atom is 0.309 e. The van der Waals surface area contributed by atoms with Gasteiger partial charge in [-0.15, -0.1) is 0 Å². The first-order chi connectivity index (χ1) is 10.6. The molecule has 0 radical (unpaired) electrons. The van der Waals surface area contributed by atoms with Gasteiger partial charge in [0.25, 0.3) is 0 Å². The molecule has 1 rings (SSSR count). The summed E-state index contributed by atoms with van der Waals surface area (Å²) in [5, 5.41) is 2.45. The average molecular weight is 343 g/mol. The Morgan fingerprint density at radius 3 is 2.43 bits per heavy atom. The molecule has 7 heteroatoms. The van der Waals surface area contributed by atoms with E-state index in [0.717, 1.165) is 11.8 Å². The number of thioether (sulfide) groups is 1. The van der Waals surface area contributed by atoms with Crippen LogP contribution in [-0.2, 0) is 23.9 Å². The number of ketones is 1. The van der Waals surface area contributed by atoms with Gasteiger partial charge in [0.05, 0.1) is 18.4 Å². The summed E-state index contributed by atoms with van der Waals surface area (Å²) in [5.74, 6) is -2.68. The molecule has 1 aliphatic heterocycles. The van der Waals surface area contributed by atoms with Crippen LogP contribution in [0.4, 0.5) is 0 Å². The summed E-state index contributed by atoms with van der Waals surface area (Å²) < 4.78 is 4.71. The number of Topliss-reactive ketones (excluding diaryl/α,β-unsaturated/α-hetero) is 1. The molecule has 1 unspecified atom stereocenters. The van der Waals surface area contributed by atoms with Crippen molar-refractivity contribution in [2.24, 2.45) is 11.8 Å². The number of amides is 1. The van der Waals surface area contributed by atoms with Gasteiger partial charge in [-0.25, -0.2) is 0 Å². The normalized spacial score (nSPS) is 19.1. The number of rotatable bonds is 7. The maximum atomic E-state index is 12.3. The zero-order valence-corrected chi connectivity index (χ0v) is 15.0. The van der Waals surface area contributed by atoms with E-state index in [9.17, 15) is 19.2 Å². The molecular formula is C16H25NO5S. The van der Waals surface area contributed by atoms with E-state index >= 15 is 0 Å². The smallest absolute Gasteiger partial charge is 0.309 e. The number of nitrogens with one attached hydrogen (secondary N) is 1. The van der Waals surface area contributed by atoms with Gasteiger partial charge in [0, 0.05) is 24.1 Å². The molecule has 0 aromatic carbocycles. The van der Waals surface area contributed by atoms with Crippen LogP contribution in [0.15, 0.2) is 0 Å². The van der Waals surface area contributed by atoms with Crippen LogP contribution < -0.4 is 5.32 Å². The van der Waals surface area contributed by atoms with E-state index in [2.05, 4.69) is 5.32 Å². The van der Waals surface area contributed by atoms with Crippen LogP contribution >= 0.6 is 11.8 Å². The third-order valence-electron chi connectivity index (χ3n) is 3.34. The van der Waals surface area contributed by atoms with Crippen molar-refractivity contribution in [1.29, 1.82) is 0 Å². The lowest BCUT2D eigenvalue weighted by molar-refractivity contribution is -0.151. The highest BCUT2D eigenvalue weighted by molar-refractivity contribution is 8.14. The van der Waals surface area contributed by atoms with Crippen molar-refractivity contribution in [1.82, 2.24) is 5.32 Å². The average Bonchev–Trinajstić information content (AvgIpc) is 2.82. The monoisotopic (exact) mass is 343 g/mol. The largest absolute Gasteiger partial charge is 0.466 e. The number of hydrogen-bond acceptors (Lipinski definition) is 6. The minimum Gasteiger partial charge on any atom is -0.466 e. The Balaban J connectivity index is 2.72. The third kappa shape index (κ3) is 6.72. The predicted octanol–water partition coefficient (Wildman–Crippen LogP) is 1.71. The highest BCUT2D eigenvalue weighted by Gasteiger charge is 2.35. The highest BCUT2D eigenvalue weighted by atomic mass is 32.2. The third-order valence-corrected chi connectivity index (χ3v) is 4.34. The Morgan fingerprint density at radius 2 is 1.96 bits per heavy atom. The predicted molar refractivity (Wildman–Crippen MR) is 87.8 cm³/mol. The van der Waals surface area contributed by atoms with Gasteiger partial charge in [-0.3, -0.25) is 19.2 Å². The fourth-order valence-corrected chi connectivity index (χ4v) is 3.34. The van der Waals surface area contributed by atoms with Crippen LogP contribution in [0.3, 0.4) is 0 Å². The maximum absolute atomic E-state index is 12.3. The fourth-order valence-electron chi connectivity index (χ4n) is 2.37. The van der Waals surface area contributed by atoms with Gasteiger partial charge in [0.2, 0.25) is 5.91 Å². The molecule has 0 saturated carbocycles. The van der Waals surface area contributed by atoms with E-state index in [0.29, 0.717) is 13.0 Å². The lowest BCUT2D eigenvalue weighted by Crippen LogP contribution is -2.30. The van der Waals surface area contributed by atoms with Crippen LogP contribution in [0, 0.1) is 11.8 Å². The number of carbonyl (C=O) groups excluding carboxylic acids is 4. The summed E-state index contributed by atoms with van der Waals surface area (Å²) in [7, 11) is 0. The molecule has 1 amide bonds. The van der Waals surface area contributed by atoms with E-state index in [4.69, 9.17) is 4.74 Å². The van der Waals surface area contributed by atoms with Crippen LogP contribution in [0.2, 0.25) is 0 Å². The second kappa shape index (κ2) is 8.47. The summed E-state index contributed by atoms with van der Waals surface area (Å²) in [6.45, 7) is 8.05. The van der Waals surface area contributed by atoms with Crippen LogP contribution in [-0.4, -0.2) is 40.7 Å². The summed E-state index contributed by atoms with van der Waals surface area (Å²) in [5.41, 5.74) is 0. The highest BCUT2D eigenvalue weighted by Crippen LogP contribution is 2.28. The van der Waals surface area contributed by atoms with Crippen molar-refractivity contribution < 1.29 is 23.9 Å². The second-order valence-electron chi connectivity index (χ2n) is 6.54. The van der Waals surface area contributed by atoms with Crippen molar-refractivity contribution in [3.8, 4) is 0 Å². The first-order valence-electron chi connectivity index (χ1n) is 7.83. The van der Waals surface area contributed by atoms with Crippen LogP contribution in [0.5, 0.6) is 0 Å². The van der Waals surface area contributed by atoms with E-state index in [1.165, 1.54) is 0 Å². The molecule has 0 spiro atoms. The molecule has 1 N–H and O–H groups in total. The van der Waals surface area contributed by atoms with Crippen molar-refractivity contribution in [2.75, 3.05) is 13.2 Å². The first-order valence-corrected chi connectivity index (χ1v) is 8.64. The SMILES string of the molecule is CCOC(=O)[C@H](CC(=O)SC(C)(C)C)CC(=O)C1CCNC1=O. The van der Waals surface area contributed by atoms with Gasteiger partial charge < -0.3 is 10.1 Å². The van der Waals surface area contributed by atoms with Gasteiger partial charge in [-0.2, -0.15) is 0 Å². The minimum absolute atomic E-state index is 0.0547. The van der Waals surface area contributed by atoms with Gasteiger partial charge in [0.1, 0.15) is 5.78 Å².